The first-order chi connectivity index (χ1) is 18.9. The number of hydrogen-bond acceptors (Lipinski definition) is 2. The van der Waals surface area contributed by atoms with E-state index >= 15 is 0 Å². The molecule has 0 aromatic heterocycles. The van der Waals surface area contributed by atoms with E-state index in [4.69, 9.17) is 8.85 Å². The Morgan fingerprint density at radius 3 is 2.29 bits per heavy atom. The molecule has 4 aliphatic rings. The molecule has 4 heteroatoms. The van der Waals surface area contributed by atoms with Crippen LogP contribution in [0.4, 0.5) is 0 Å². The molecule has 7 atom stereocenters. The fourth-order valence-electron chi connectivity index (χ4n) is 8.03. The van der Waals surface area contributed by atoms with Crippen LogP contribution in [0, 0.1) is 35.0 Å². The van der Waals surface area contributed by atoms with E-state index in [0.717, 1.165) is 30.6 Å². The monoisotopic (exact) mass is 596 g/mol. The van der Waals surface area contributed by atoms with Crippen molar-refractivity contribution < 1.29 is 8.85 Å². The van der Waals surface area contributed by atoms with E-state index in [9.17, 15) is 0 Å². The highest BCUT2D eigenvalue weighted by molar-refractivity contribution is 6.74. The molecule has 0 aromatic carbocycles. The zero-order chi connectivity index (χ0) is 30.4. The van der Waals surface area contributed by atoms with Crippen LogP contribution in [0.2, 0.25) is 37.8 Å². The molecule has 232 valence electrons. The smallest absolute Gasteiger partial charge is 0.192 e. The van der Waals surface area contributed by atoms with E-state index in [1.807, 2.05) is 0 Å². The number of hydrogen-bond donors (Lipinski definition) is 0. The second-order valence-electron chi connectivity index (χ2n) is 17.2. The van der Waals surface area contributed by atoms with Gasteiger partial charge in [-0.1, -0.05) is 78.0 Å². The number of allylic oxidation sites excluding steroid dienone is 4. The fourth-order valence-corrected chi connectivity index (χ4v) is 10.4. The summed E-state index contributed by atoms with van der Waals surface area (Å²) >= 11 is 0. The van der Waals surface area contributed by atoms with E-state index in [1.54, 1.807) is 5.57 Å². The molecule has 4 aliphatic carbocycles. The van der Waals surface area contributed by atoms with Gasteiger partial charge in [-0.2, -0.15) is 0 Å². The van der Waals surface area contributed by atoms with Crippen LogP contribution in [-0.2, 0) is 8.85 Å². The highest BCUT2D eigenvalue weighted by Gasteiger charge is 2.50. The van der Waals surface area contributed by atoms with Crippen molar-refractivity contribution in [2.45, 2.75) is 149 Å². The van der Waals surface area contributed by atoms with Crippen LogP contribution in [0.3, 0.4) is 0 Å². The Labute approximate surface area is 256 Å². The van der Waals surface area contributed by atoms with Crippen LogP contribution in [0.1, 0.15) is 99.3 Å². The zero-order valence-electron chi connectivity index (χ0n) is 28.7. The molecule has 0 saturated heterocycles. The van der Waals surface area contributed by atoms with Crippen molar-refractivity contribution in [3.8, 4) is 0 Å². The summed E-state index contributed by atoms with van der Waals surface area (Å²) < 4.78 is 13.5. The predicted molar refractivity (Wildman–Crippen MR) is 183 cm³/mol. The molecule has 0 radical (unpaired) electrons. The summed E-state index contributed by atoms with van der Waals surface area (Å²) in [6, 6.07) is 0. The van der Waals surface area contributed by atoms with Crippen LogP contribution >= 0.6 is 0 Å². The lowest BCUT2D eigenvalue weighted by atomic mass is 9.61. The Hall–Kier alpha value is -0.686. The van der Waals surface area contributed by atoms with Crippen LogP contribution in [-0.4, -0.2) is 28.8 Å². The normalized spacial score (nSPS) is 35.3. The molecule has 41 heavy (non-hydrogen) atoms. The van der Waals surface area contributed by atoms with E-state index in [0.29, 0.717) is 23.4 Å². The highest BCUT2D eigenvalue weighted by Crippen LogP contribution is 2.59. The quantitative estimate of drug-likeness (QED) is 0.195. The molecule has 4 fully saturated rings. The molecule has 0 bridgehead atoms. The summed E-state index contributed by atoms with van der Waals surface area (Å²) in [7, 11) is -3.37. The van der Waals surface area contributed by atoms with Gasteiger partial charge in [0.15, 0.2) is 16.6 Å². The molecular formula is C37H64O2Si2. The lowest BCUT2D eigenvalue weighted by Gasteiger charge is -2.44. The summed E-state index contributed by atoms with van der Waals surface area (Å²) in [4.78, 5) is 0. The molecule has 0 unspecified atom stereocenters. The summed E-state index contributed by atoms with van der Waals surface area (Å²) in [5, 5.41) is 0.220. The van der Waals surface area contributed by atoms with Gasteiger partial charge in [-0.05, 0) is 142 Å². The second kappa shape index (κ2) is 12.4. The molecular weight excluding hydrogens is 533 g/mol. The molecule has 0 aliphatic heterocycles. The van der Waals surface area contributed by atoms with Gasteiger partial charge in [-0.3, -0.25) is 0 Å². The Morgan fingerprint density at radius 2 is 1.68 bits per heavy atom. The molecule has 0 spiro atoms. The third-order valence-electron chi connectivity index (χ3n) is 11.6. The van der Waals surface area contributed by atoms with E-state index in [2.05, 4.69) is 105 Å². The molecule has 4 saturated carbocycles. The second-order valence-corrected chi connectivity index (χ2v) is 26.5. The third kappa shape index (κ3) is 7.89. The van der Waals surface area contributed by atoms with Crippen molar-refractivity contribution in [2.75, 3.05) is 0 Å². The average Bonchev–Trinajstić information content (AvgIpc) is 3.62. The van der Waals surface area contributed by atoms with Gasteiger partial charge < -0.3 is 8.85 Å². The first-order valence-electron chi connectivity index (χ1n) is 17.0. The Kier molecular flexibility index (Phi) is 10.0. The Morgan fingerprint density at radius 1 is 1.00 bits per heavy atom. The molecule has 2 nitrogen and oxygen atoms in total. The van der Waals surface area contributed by atoms with Gasteiger partial charge in [0.05, 0.1) is 12.2 Å². The molecule has 0 N–H and O–H groups in total. The van der Waals surface area contributed by atoms with Crippen LogP contribution in [0.15, 0.2) is 47.6 Å². The third-order valence-corrected chi connectivity index (χ3v) is 17.0. The van der Waals surface area contributed by atoms with Gasteiger partial charge >= 0.3 is 0 Å². The van der Waals surface area contributed by atoms with Crippen molar-refractivity contribution in [1.82, 2.24) is 0 Å². The van der Waals surface area contributed by atoms with Gasteiger partial charge in [0, 0.05) is 0 Å². The first-order valence-corrected chi connectivity index (χ1v) is 23.4. The minimum atomic E-state index is -1.84. The highest BCUT2D eigenvalue weighted by atomic mass is 28.4. The van der Waals surface area contributed by atoms with Gasteiger partial charge in [0.25, 0.3) is 0 Å². The van der Waals surface area contributed by atoms with Crippen molar-refractivity contribution >= 4 is 16.6 Å². The maximum Gasteiger partial charge on any atom is 0.192 e. The lowest BCUT2D eigenvalue weighted by Crippen LogP contribution is -2.45. The summed E-state index contributed by atoms with van der Waals surface area (Å²) in [5.74, 6) is 3.50. The van der Waals surface area contributed by atoms with Crippen molar-refractivity contribution in [3.05, 3.63) is 47.6 Å². The van der Waals surface area contributed by atoms with E-state index in [-0.39, 0.29) is 11.1 Å². The summed E-state index contributed by atoms with van der Waals surface area (Å²) in [5.41, 5.74) is 4.80. The van der Waals surface area contributed by atoms with Crippen molar-refractivity contribution in [3.63, 3.8) is 0 Å². The van der Waals surface area contributed by atoms with E-state index < -0.39 is 16.6 Å². The van der Waals surface area contributed by atoms with Crippen LogP contribution in [0.5, 0.6) is 0 Å². The predicted octanol–water partition coefficient (Wildman–Crippen LogP) is 11.3. The van der Waals surface area contributed by atoms with Crippen molar-refractivity contribution in [2.24, 2.45) is 35.0 Å². The summed E-state index contributed by atoms with van der Waals surface area (Å²) in [6.45, 7) is 30.9. The largest absolute Gasteiger partial charge is 0.411 e. The van der Waals surface area contributed by atoms with Gasteiger partial charge in [-0.25, -0.2) is 0 Å². The fraction of sp³-hybridized carbons (Fsp3) is 0.784. The Balaban J connectivity index is 1.47. The molecule has 4 rings (SSSR count). The number of fused-ring (bicyclic) bond motifs is 1. The summed E-state index contributed by atoms with van der Waals surface area (Å²) in [6.07, 6.45) is 22.1. The maximum atomic E-state index is 6.92. The van der Waals surface area contributed by atoms with Crippen molar-refractivity contribution in [1.29, 1.82) is 0 Å². The first kappa shape index (κ1) is 33.2. The van der Waals surface area contributed by atoms with Crippen LogP contribution in [0.25, 0.3) is 0 Å². The standard InChI is InChI=1S/C37H64O2Si2/c1-26-24-31(28(3)35(25-26)39-41(11,12)36(4,5)6)19-16-29-14-13-23-37(7)32(20-21-33(29)37)27(2)15-22-34(30-17-18-30)38-40(8,9)10/h15-16,19,22,26-27,30,32-35H,3,13-14,17-18,20-21,23-25H2,1-2,4-12H3/b22-15+,29-16+,31-19-/t26-,27-,32-,33+,34-,35+,37-/m1/s1. The minimum Gasteiger partial charge on any atom is -0.411 e. The average molecular weight is 597 g/mol. The van der Waals surface area contributed by atoms with Crippen LogP contribution < -0.4 is 0 Å². The number of rotatable bonds is 9. The SMILES string of the molecule is C=C1/C(=C\C=C2/CCC[C@]3(C)[C@@H]([C@H](C)/C=C/[C@@H](O[Si](C)(C)C)C4CC4)CC[C@@H]23)C[C@@H](C)C[C@@H]1O[Si](C)(C)C(C)(C)C. The molecule has 0 amide bonds. The van der Waals surface area contributed by atoms with Gasteiger partial charge in [0.2, 0.25) is 0 Å². The molecule has 0 aromatic rings. The van der Waals surface area contributed by atoms with Gasteiger partial charge in [-0.15, -0.1) is 0 Å². The van der Waals surface area contributed by atoms with Gasteiger partial charge in [0.1, 0.15) is 0 Å². The topological polar surface area (TPSA) is 18.5 Å². The minimum absolute atomic E-state index is 0.175. The zero-order valence-corrected chi connectivity index (χ0v) is 30.7. The lowest BCUT2D eigenvalue weighted by molar-refractivity contribution is 0.111. The van der Waals surface area contributed by atoms with E-state index in [1.165, 1.54) is 56.1 Å². The maximum absolute atomic E-state index is 6.92. The molecule has 0 heterocycles. The Bertz CT molecular complexity index is 1030.